The Bertz CT molecular complexity index is 1000. The molecule has 184 valence electrons. The third-order valence-corrected chi connectivity index (χ3v) is 6.65. The standard InChI is InChI=1S/C29H34N2O4/c32-25(20-33-21-26-22-34-27-13-7-8-14-28(27)35-26)19-30-15-17-31(18-16-30)29(23-9-3-1-4-10-23)24-11-5-2-6-12-24/h1-14,25-26,29,32H,15-22H2/t25-,26-/m1/s1. The first-order valence-corrected chi connectivity index (χ1v) is 12.5. The third kappa shape index (κ3) is 6.21. The number of para-hydroxylation sites is 2. The number of β-amino-alcohol motifs (C(OH)–C–C–N with tert-alkyl or cyclic N) is 1. The van der Waals surface area contributed by atoms with Crippen molar-refractivity contribution in [3.8, 4) is 11.5 Å². The second kappa shape index (κ2) is 11.7. The van der Waals surface area contributed by atoms with E-state index < -0.39 is 6.10 Å². The average Bonchev–Trinajstić information content (AvgIpc) is 2.91. The van der Waals surface area contributed by atoms with Gasteiger partial charge in [-0.3, -0.25) is 9.80 Å². The first-order valence-electron chi connectivity index (χ1n) is 12.5. The first kappa shape index (κ1) is 23.8. The normalized spacial score (nSPS) is 19.5. The van der Waals surface area contributed by atoms with Crippen LogP contribution in [0.1, 0.15) is 17.2 Å². The second-order valence-electron chi connectivity index (χ2n) is 9.25. The highest BCUT2D eigenvalue weighted by Crippen LogP contribution is 2.31. The maximum atomic E-state index is 10.6. The van der Waals surface area contributed by atoms with E-state index in [4.69, 9.17) is 14.2 Å². The Kier molecular flexibility index (Phi) is 7.96. The summed E-state index contributed by atoms with van der Waals surface area (Å²) in [4.78, 5) is 4.87. The molecule has 0 bridgehead atoms. The predicted molar refractivity (Wildman–Crippen MR) is 136 cm³/mol. The Morgan fingerprint density at radius 2 is 1.40 bits per heavy atom. The molecule has 6 nitrogen and oxygen atoms in total. The van der Waals surface area contributed by atoms with Crippen LogP contribution in [0.4, 0.5) is 0 Å². The summed E-state index contributed by atoms with van der Waals surface area (Å²) < 4.78 is 17.4. The summed E-state index contributed by atoms with van der Waals surface area (Å²) in [6.07, 6.45) is -0.689. The van der Waals surface area contributed by atoms with Crippen LogP contribution in [0, 0.1) is 0 Å². The van der Waals surface area contributed by atoms with E-state index in [1.165, 1.54) is 11.1 Å². The van der Waals surface area contributed by atoms with E-state index in [9.17, 15) is 5.11 Å². The van der Waals surface area contributed by atoms with Crippen molar-refractivity contribution < 1.29 is 19.3 Å². The molecule has 3 aromatic carbocycles. The van der Waals surface area contributed by atoms with Crippen LogP contribution in [-0.2, 0) is 4.74 Å². The molecule has 2 heterocycles. The quantitative estimate of drug-likeness (QED) is 0.511. The van der Waals surface area contributed by atoms with Crippen molar-refractivity contribution in [1.82, 2.24) is 9.80 Å². The molecule has 6 heteroatoms. The maximum absolute atomic E-state index is 10.6. The molecular formula is C29H34N2O4. The number of ether oxygens (including phenoxy) is 3. The van der Waals surface area contributed by atoms with Gasteiger partial charge in [0.25, 0.3) is 0 Å². The lowest BCUT2D eigenvalue weighted by molar-refractivity contribution is -0.0327. The molecule has 3 aromatic rings. The van der Waals surface area contributed by atoms with Gasteiger partial charge in [-0.1, -0.05) is 72.8 Å². The van der Waals surface area contributed by atoms with Gasteiger partial charge in [-0.15, -0.1) is 0 Å². The molecule has 0 amide bonds. The minimum atomic E-state index is -0.530. The average molecular weight is 475 g/mol. The third-order valence-electron chi connectivity index (χ3n) is 6.65. The van der Waals surface area contributed by atoms with E-state index in [1.54, 1.807) is 0 Å². The van der Waals surface area contributed by atoms with Crippen LogP contribution in [0.3, 0.4) is 0 Å². The van der Waals surface area contributed by atoms with Crippen LogP contribution in [0.15, 0.2) is 84.9 Å². The van der Waals surface area contributed by atoms with Crippen LogP contribution in [0.25, 0.3) is 0 Å². The highest BCUT2D eigenvalue weighted by molar-refractivity contribution is 5.40. The summed E-state index contributed by atoms with van der Waals surface area (Å²) >= 11 is 0. The summed E-state index contributed by atoms with van der Waals surface area (Å²) in [5.41, 5.74) is 2.63. The number of nitrogens with zero attached hydrogens (tertiary/aromatic N) is 2. The minimum absolute atomic E-state index is 0.159. The lowest BCUT2D eigenvalue weighted by Gasteiger charge is -2.40. The van der Waals surface area contributed by atoms with Crippen molar-refractivity contribution in [1.29, 1.82) is 0 Å². The van der Waals surface area contributed by atoms with E-state index in [2.05, 4.69) is 70.5 Å². The Labute approximate surface area is 207 Å². The Morgan fingerprint density at radius 3 is 2.06 bits per heavy atom. The van der Waals surface area contributed by atoms with Crippen molar-refractivity contribution in [2.24, 2.45) is 0 Å². The van der Waals surface area contributed by atoms with E-state index >= 15 is 0 Å². The van der Waals surface area contributed by atoms with Gasteiger partial charge in [-0.25, -0.2) is 0 Å². The van der Waals surface area contributed by atoms with Crippen molar-refractivity contribution in [3.63, 3.8) is 0 Å². The fourth-order valence-corrected chi connectivity index (χ4v) is 4.92. The van der Waals surface area contributed by atoms with Crippen LogP contribution in [-0.4, -0.2) is 79.7 Å². The van der Waals surface area contributed by atoms with E-state index in [-0.39, 0.29) is 12.1 Å². The van der Waals surface area contributed by atoms with Gasteiger partial charge in [0.1, 0.15) is 6.61 Å². The zero-order chi connectivity index (χ0) is 23.9. The molecule has 0 unspecified atom stereocenters. The Morgan fingerprint density at radius 1 is 0.800 bits per heavy atom. The monoisotopic (exact) mass is 474 g/mol. The number of aliphatic hydroxyl groups excluding tert-OH is 1. The summed E-state index contributed by atoms with van der Waals surface area (Å²) in [5, 5.41) is 10.6. The van der Waals surface area contributed by atoms with Crippen molar-refractivity contribution >= 4 is 0 Å². The first-order chi connectivity index (χ1) is 17.3. The van der Waals surface area contributed by atoms with Crippen LogP contribution in [0.2, 0.25) is 0 Å². The van der Waals surface area contributed by atoms with Crippen molar-refractivity contribution in [2.75, 3.05) is 52.5 Å². The fraction of sp³-hybridized carbons (Fsp3) is 0.379. The molecule has 5 rings (SSSR count). The molecule has 0 aromatic heterocycles. The van der Waals surface area contributed by atoms with Crippen molar-refractivity contribution in [2.45, 2.75) is 18.2 Å². The molecule has 2 aliphatic heterocycles. The van der Waals surface area contributed by atoms with Crippen LogP contribution < -0.4 is 9.47 Å². The van der Waals surface area contributed by atoms with E-state index in [0.29, 0.717) is 26.4 Å². The number of hydrogen-bond donors (Lipinski definition) is 1. The number of hydrogen-bond acceptors (Lipinski definition) is 6. The van der Waals surface area contributed by atoms with Gasteiger partial charge >= 0.3 is 0 Å². The number of aliphatic hydroxyl groups is 1. The topological polar surface area (TPSA) is 54.4 Å². The summed E-state index contributed by atoms with van der Waals surface area (Å²) in [6.45, 7) is 5.50. The van der Waals surface area contributed by atoms with Gasteiger partial charge in [-0.2, -0.15) is 0 Å². The fourth-order valence-electron chi connectivity index (χ4n) is 4.92. The molecule has 0 radical (unpaired) electrons. The predicted octanol–water partition coefficient (Wildman–Crippen LogP) is 3.61. The Balaban J connectivity index is 1.08. The zero-order valence-corrected chi connectivity index (χ0v) is 20.0. The van der Waals surface area contributed by atoms with Gasteiger partial charge in [0.05, 0.1) is 25.4 Å². The molecular weight excluding hydrogens is 440 g/mol. The highest BCUT2D eigenvalue weighted by Gasteiger charge is 2.27. The molecule has 2 aliphatic rings. The van der Waals surface area contributed by atoms with E-state index in [1.807, 2.05) is 24.3 Å². The lowest BCUT2D eigenvalue weighted by Crippen LogP contribution is -2.50. The Hall–Kier alpha value is -2.90. The molecule has 1 fully saturated rings. The van der Waals surface area contributed by atoms with Gasteiger partial charge in [0.2, 0.25) is 0 Å². The molecule has 2 atom stereocenters. The SMILES string of the molecule is O[C@@H](COC[C@@H]1COc2ccccc2O1)CN1CCN(C(c2ccccc2)c2ccccc2)CC1. The minimum Gasteiger partial charge on any atom is -0.486 e. The number of fused-ring (bicyclic) bond motifs is 1. The highest BCUT2D eigenvalue weighted by atomic mass is 16.6. The summed E-state index contributed by atoms with van der Waals surface area (Å²) in [6, 6.07) is 29.3. The molecule has 1 saturated heterocycles. The van der Waals surface area contributed by atoms with E-state index in [0.717, 1.165) is 37.7 Å². The maximum Gasteiger partial charge on any atom is 0.161 e. The van der Waals surface area contributed by atoms with Gasteiger partial charge in [0.15, 0.2) is 17.6 Å². The van der Waals surface area contributed by atoms with Gasteiger partial charge in [-0.05, 0) is 23.3 Å². The molecule has 0 spiro atoms. The van der Waals surface area contributed by atoms with Gasteiger partial charge < -0.3 is 19.3 Å². The number of benzene rings is 3. The summed E-state index contributed by atoms with van der Waals surface area (Å²) in [5.74, 6) is 1.51. The van der Waals surface area contributed by atoms with Crippen molar-refractivity contribution in [3.05, 3.63) is 96.1 Å². The molecule has 1 N–H and O–H groups in total. The number of piperazine rings is 1. The summed E-state index contributed by atoms with van der Waals surface area (Å²) in [7, 11) is 0. The zero-order valence-electron chi connectivity index (χ0n) is 20.0. The molecule has 0 aliphatic carbocycles. The second-order valence-corrected chi connectivity index (χ2v) is 9.25. The van der Waals surface area contributed by atoms with Crippen LogP contribution >= 0.6 is 0 Å². The number of rotatable bonds is 9. The molecule has 35 heavy (non-hydrogen) atoms. The largest absolute Gasteiger partial charge is 0.486 e. The molecule has 0 saturated carbocycles. The lowest BCUT2D eigenvalue weighted by atomic mass is 9.96. The smallest absolute Gasteiger partial charge is 0.161 e. The van der Waals surface area contributed by atoms with Gasteiger partial charge in [0, 0.05) is 32.7 Å². The van der Waals surface area contributed by atoms with Crippen LogP contribution in [0.5, 0.6) is 11.5 Å².